The molecule has 2 N–H and O–H groups in total. The lowest BCUT2D eigenvalue weighted by atomic mass is 10.3. The van der Waals surface area contributed by atoms with Crippen molar-refractivity contribution >= 4 is 11.0 Å². The molecule has 2 aromatic rings. The number of hydrogen-bond donors (Lipinski definition) is 2. The van der Waals surface area contributed by atoms with Gasteiger partial charge in [0.2, 0.25) is 0 Å². The number of aliphatic hydroxyl groups is 1. The molecular weight excluding hydrogens is 166 g/mol. The highest BCUT2D eigenvalue weighted by Gasteiger charge is 1.97. The van der Waals surface area contributed by atoms with Crippen LogP contribution in [0.25, 0.3) is 11.0 Å². The fourth-order valence-corrected chi connectivity index (χ4v) is 0.962. The van der Waals surface area contributed by atoms with Gasteiger partial charge >= 0.3 is 0 Å². The van der Waals surface area contributed by atoms with E-state index in [1.165, 1.54) is 0 Å². The molecule has 0 spiro atoms. The normalized spacial score (nSPS) is 9.46. The van der Waals surface area contributed by atoms with E-state index in [1.54, 1.807) is 18.6 Å². The van der Waals surface area contributed by atoms with Crippen LogP contribution in [0.2, 0.25) is 0 Å². The molecule has 2 heterocycles. The maximum absolute atomic E-state index is 8.73. The van der Waals surface area contributed by atoms with Crippen LogP contribution in [0.5, 0.6) is 0 Å². The van der Waals surface area contributed by atoms with E-state index in [4.69, 9.17) is 5.11 Å². The van der Waals surface area contributed by atoms with Gasteiger partial charge in [-0.25, -0.2) is 4.98 Å². The number of nitrogens with one attached hydrogen (secondary N) is 1. The zero-order valence-corrected chi connectivity index (χ0v) is 7.78. The molecule has 0 bridgehead atoms. The number of imidazole rings is 1. The van der Waals surface area contributed by atoms with Crippen molar-refractivity contribution in [3.8, 4) is 0 Å². The Balaban J connectivity index is 0.000000396. The minimum Gasteiger partial charge on any atom is -0.390 e. The van der Waals surface area contributed by atoms with Gasteiger partial charge in [-0.3, -0.25) is 4.98 Å². The van der Waals surface area contributed by atoms with E-state index in [1.807, 2.05) is 13.8 Å². The number of aromatic amines is 1. The van der Waals surface area contributed by atoms with Crippen LogP contribution < -0.4 is 0 Å². The summed E-state index contributed by atoms with van der Waals surface area (Å²) in [5, 5.41) is 8.73. The average molecular weight is 179 g/mol. The van der Waals surface area contributed by atoms with Gasteiger partial charge in [0.15, 0.2) is 0 Å². The first kappa shape index (κ1) is 9.67. The van der Waals surface area contributed by atoms with Crippen molar-refractivity contribution in [3.05, 3.63) is 24.3 Å². The van der Waals surface area contributed by atoms with Gasteiger partial charge in [0.25, 0.3) is 0 Å². The summed E-state index contributed by atoms with van der Waals surface area (Å²) >= 11 is 0. The summed E-state index contributed by atoms with van der Waals surface area (Å²) < 4.78 is 0. The Morgan fingerprint density at radius 2 is 2.15 bits per heavy atom. The Bertz CT molecular complexity index is 370. The zero-order chi connectivity index (χ0) is 9.68. The van der Waals surface area contributed by atoms with Crippen LogP contribution >= 0.6 is 0 Å². The fourth-order valence-electron chi connectivity index (χ4n) is 0.962. The lowest BCUT2D eigenvalue weighted by Gasteiger charge is -1.92. The minimum absolute atomic E-state index is 0.0389. The van der Waals surface area contributed by atoms with Crippen molar-refractivity contribution in [1.29, 1.82) is 0 Å². The summed E-state index contributed by atoms with van der Waals surface area (Å²) in [4.78, 5) is 10.9. The third-order valence-corrected chi connectivity index (χ3v) is 1.52. The van der Waals surface area contributed by atoms with Gasteiger partial charge in [-0.05, 0) is 6.07 Å². The molecule has 0 unspecified atom stereocenters. The van der Waals surface area contributed by atoms with Crippen molar-refractivity contribution < 1.29 is 5.11 Å². The monoisotopic (exact) mass is 179 g/mol. The molecule has 2 aromatic heterocycles. The van der Waals surface area contributed by atoms with E-state index in [0.717, 1.165) is 11.0 Å². The number of H-pyrrole nitrogens is 1. The fraction of sp³-hybridized carbons (Fsp3) is 0.333. The quantitative estimate of drug-likeness (QED) is 0.697. The van der Waals surface area contributed by atoms with Gasteiger partial charge in [-0.1, -0.05) is 13.8 Å². The first-order valence-electron chi connectivity index (χ1n) is 4.29. The first-order chi connectivity index (χ1) is 6.40. The van der Waals surface area contributed by atoms with Crippen LogP contribution in [-0.2, 0) is 6.61 Å². The van der Waals surface area contributed by atoms with Crippen LogP contribution in [-0.4, -0.2) is 20.1 Å². The second-order valence-corrected chi connectivity index (χ2v) is 2.25. The average Bonchev–Trinajstić information content (AvgIpc) is 2.67. The lowest BCUT2D eigenvalue weighted by molar-refractivity contribution is 0.277. The molecule has 0 radical (unpaired) electrons. The van der Waals surface area contributed by atoms with E-state index in [9.17, 15) is 0 Å². The molecular formula is C9H13N3O. The predicted octanol–water partition coefficient (Wildman–Crippen LogP) is 1.48. The molecule has 0 aliphatic rings. The molecule has 4 heteroatoms. The molecule has 0 amide bonds. The summed E-state index contributed by atoms with van der Waals surface area (Å²) in [6.45, 7) is 3.96. The van der Waals surface area contributed by atoms with Gasteiger partial charge < -0.3 is 10.1 Å². The number of rotatable bonds is 1. The maximum Gasteiger partial charge on any atom is 0.0932 e. The highest BCUT2D eigenvalue weighted by molar-refractivity contribution is 5.73. The Morgan fingerprint density at radius 3 is 2.85 bits per heavy atom. The number of hydrogen-bond acceptors (Lipinski definition) is 3. The summed E-state index contributed by atoms with van der Waals surface area (Å²) in [6.07, 6.45) is 3.27. The van der Waals surface area contributed by atoms with Crippen molar-refractivity contribution in [2.45, 2.75) is 20.5 Å². The minimum atomic E-state index is -0.0389. The Morgan fingerprint density at radius 1 is 1.38 bits per heavy atom. The summed E-state index contributed by atoms with van der Waals surface area (Å²) in [5.41, 5.74) is 2.37. The largest absolute Gasteiger partial charge is 0.390 e. The molecule has 13 heavy (non-hydrogen) atoms. The van der Waals surface area contributed by atoms with Crippen molar-refractivity contribution in [2.24, 2.45) is 0 Å². The van der Waals surface area contributed by atoms with Crippen LogP contribution in [0, 0.1) is 0 Å². The van der Waals surface area contributed by atoms with E-state index < -0.39 is 0 Å². The van der Waals surface area contributed by atoms with Crippen LogP contribution in [0.3, 0.4) is 0 Å². The SMILES string of the molecule is CC.OCc1cc2nc[nH]c2cn1. The highest BCUT2D eigenvalue weighted by atomic mass is 16.3. The molecule has 0 aliphatic carbocycles. The molecule has 0 saturated carbocycles. The van der Waals surface area contributed by atoms with Gasteiger partial charge in [0.05, 0.1) is 35.9 Å². The number of fused-ring (bicyclic) bond motifs is 1. The number of nitrogens with zero attached hydrogens (tertiary/aromatic N) is 2. The van der Waals surface area contributed by atoms with Crippen molar-refractivity contribution in [3.63, 3.8) is 0 Å². The highest BCUT2D eigenvalue weighted by Crippen LogP contribution is 2.07. The number of aliphatic hydroxyl groups excluding tert-OH is 1. The molecule has 4 nitrogen and oxygen atoms in total. The third kappa shape index (κ3) is 2.03. The van der Waals surface area contributed by atoms with Gasteiger partial charge in [0.1, 0.15) is 0 Å². The van der Waals surface area contributed by atoms with Crippen molar-refractivity contribution in [1.82, 2.24) is 15.0 Å². The third-order valence-electron chi connectivity index (χ3n) is 1.52. The number of pyridine rings is 1. The smallest absolute Gasteiger partial charge is 0.0932 e. The van der Waals surface area contributed by atoms with E-state index >= 15 is 0 Å². The first-order valence-corrected chi connectivity index (χ1v) is 4.29. The summed E-state index contributed by atoms with van der Waals surface area (Å²) in [5.74, 6) is 0. The second kappa shape index (κ2) is 4.57. The molecule has 2 rings (SSSR count). The molecule has 0 atom stereocenters. The van der Waals surface area contributed by atoms with Gasteiger partial charge in [-0.15, -0.1) is 0 Å². The summed E-state index contributed by atoms with van der Waals surface area (Å²) in [6, 6.07) is 1.76. The molecule has 0 fully saturated rings. The van der Waals surface area contributed by atoms with Crippen LogP contribution in [0.4, 0.5) is 0 Å². The topological polar surface area (TPSA) is 61.8 Å². The molecule has 0 aromatic carbocycles. The standard InChI is InChI=1S/C7H7N3O.C2H6/c11-3-5-1-6-7(2-8-5)10-4-9-6;1-2/h1-2,4,11H,3H2,(H,9,10);1-2H3. The van der Waals surface area contributed by atoms with Gasteiger partial charge in [0, 0.05) is 0 Å². The van der Waals surface area contributed by atoms with E-state index in [-0.39, 0.29) is 6.61 Å². The lowest BCUT2D eigenvalue weighted by Crippen LogP contribution is -1.87. The van der Waals surface area contributed by atoms with Crippen LogP contribution in [0.1, 0.15) is 19.5 Å². The molecule has 0 aliphatic heterocycles. The zero-order valence-electron chi connectivity index (χ0n) is 7.78. The Hall–Kier alpha value is -1.42. The van der Waals surface area contributed by atoms with Gasteiger partial charge in [-0.2, -0.15) is 0 Å². The molecule has 70 valence electrons. The van der Waals surface area contributed by atoms with Crippen molar-refractivity contribution in [2.75, 3.05) is 0 Å². The maximum atomic E-state index is 8.73. The summed E-state index contributed by atoms with van der Waals surface area (Å²) in [7, 11) is 0. The van der Waals surface area contributed by atoms with Crippen LogP contribution in [0.15, 0.2) is 18.6 Å². The second-order valence-electron chi connectivity index (χ2n) is 2.25. The Labute approximate surface area is 76.7 Å². The van der Waals surface area contributed by atoms with E-state index in [0.29, 0.717) is 5.69 Å². The van der Waals surface area contributed by atoms with E-state index in [2.05, 4.69) is 15.0 Å². The molecule has 0 saturated heterocycles. The number of aromatic nitrogens is 3. The Kier molecular flexibility index (Phi) is 3.40. The predicted molar refractivity (Wildman–Crippen MR) is 51.2 cm³/mol.